The van der Waals surface area contributed by atoms with Crippen molar-refractivity contribution in [2.24, 2.45) is 0 Å². The molecule has 0 saturated carbocycles. The number of aromatic nitrogens is 2. The maximum absolute atomic E-state index is 12.2. The smallest absolute Gasteiger partial charge is 0.422 e. The van der Waals surface area contributed by atoms with Crippen LogP contribution in [0.5, 0.6) is 5.75 Å². The zero-order valence-corrected chi connectivity index (χ0v) is 14.4. The Bertz CT molecular complexity index is 914. The van der Waals surface area contributed by atoms with E-state index in [0.29, 0.717) is 11.2 Å². The van der Waals surface area contributed by atoms with E-state index in [1.807, 2.05) is 18.2 Å². The lowest BCUT2D eigenvalue weighted by atomic mass is 10.2. The van der Waals surface area contributed by atoms with Gasteiger partial charge in [0.15, 0.2) is 6.61 Å². The number of aromatic amines is 1. The Kier molecular flexibility index (Phi) is 4.57. The van der Waals surface area contributed by atoms with Gasteiger partial charge in [-0.2, -0.15) is 13.2 Å². The van der Waals surface area contributed by atoms with Crippen molar-refractivity contribution < 1.29 is 17.9 Å². The second-order valence-corrected chi connectivity index (χ2v) is 5.91. The van der Waals surface area contributed by atoms with Crippen molar-refractivity contribution in [2.45, 2.75) is 10.6 Å². The molecular formula is C16H12F3IN2O2. The van der Waals surface area contributed by atoms with Crippen LogP contribution in [-0.4, -0.2) is 22.3 Å². The minimum atomic E-state index is -4.39. The van der Waals surface area contributed by atoms with Gasteiger partial charge in [-0.1, -0.05) is 28.7 Å². The van der Waals surface area contributed by atoms with Gasteiger partial charge in [-0.05, 0) is 42.0 Å². The van der Waals surface area contributed by atoms with Crippen molar-refractivity contribution in [3.8, 4) is 11.4 Å². The third-order valence-electron chi connectivity index (χ3n) is 3.40. The van der Waals surface area contributed by atoms with Crippen molar-refractivity contribution in [2.75, 3.05) is 6.61 Å². The molecule has 4 nitrogen and oxygen atoms in total. The minimum Gasteiger partial charge on any atom is -0.484 e. The van der Waals surface area contributed by atoms with Gasteiger partial charge >= 0.3 is 11.9 Å². The number of hydrogen-bond acceptors (Lipinski definition) is 2. The maximum atomic E-state index is 12.2. The number of H-pyrrole nitrogens is 1. The van der Waals surface area contributed by atoms with Gasteiger partial charge < -0.3 is 9.72 Å². The molecule has 1 aromatic heterocycles. The molecule has 0 saturated heterocycles. The predicted octanol–water partition coefficient (Wildman–Crippen LogP) is 4.19. The first-order chi connectivity index (χ1) is 11.4. The first-order valence-corrected chi connectivity index (χ1v) is 8.49. The highest BCUT2D eigenvalue weighted by Crippen LogP contribution is 2.22. The third-order valence-corrected chi connectivity index (χ3v) is 4.28. The lowest BCUT2D eigenvalue weighted by molar-refractivity contribution is -0.153. The summed E-state index contributed by atoms with van der Waals surface area (Å²) in [6, 6.07) is 11.6. The summed E-state index contributed by atoms with van der Waals surface area (Å²) in [6.45, 7) is -1.35. The number of rotatable bonds is 4. The molecule has 0 aliphatic rings. The van der Waals surface area contributed by atoms with Crippen molar-refractivity contribution in [3.63, 3.8) is 0 Å². The van der Waals surface area contributed by atoms with Crippen LogP contribution < -0.4 is 10.4 Å². The van der Waals surface area contributed by atoms with Gasteiger partial charge in [0.2, 0.25) is 0 Å². The molecular weight excluding hydrogens is 436 g/mol. The Morgan fingerprint density at radius 2 is 1.83 bits per heavy atom. The summed E-state index contributed by atoms with van der Waals surface area (Å²) >= 11 is 2.23. The Balaban J connectivity index is 1.95. The standard InChI is InChI=1S/C16H12F3IN2O2/c17-16(18,19)9-24-12-4-2-11(3-5-12)22-14-7-10(8-20)1-6-13(14)21-15(22)23/h1-7H,8-9H2,(H,21,23). The summed E-state index contributed by atoms with van der Waals surface area (Å²) in [5.41, 5.74) is 2.74. The number of nitrogens with zero attached hydrogens (tertiary/aromatic N) is 1. The lowest BCUT2D eigenvalue weighted by Crippen LogP contribution is -2.19. The van der Waals surface area contributed by atoms with Gasteiger partial charge in [-0.3, -0.25) is 4.57 Å². The van der Waals surface area contributed by atoms with E-state index in [1.54, 1.807) is 12.1 Å². The highest BCUT2D eigenvalue weighted by Gasteiger charge is 2.28. The second-order valence-electron chi connectivity index (χ2n) is 5.15. The Morgan fingerprint density at radius 3 is 2.46 bits per heavy atom. The van der Waals surface area contributed by atoms with E-state index in [2.05, 4.69) is 32.3 Å². The number of nitrogens with one attached hydrogen (secondary N) is 1. The van der Waals surface area contributed by atoms with Crippen LogP contribution >= 0.6 is 22.6 Å². The van der Waals surface area contributed by atoms with E-state index < -0.39 is 12.8 Å². The molecule has 126 valence electrons. The molecule has 0 fully saturated rings. The van der Waals surface area contributed by atoms with Crippen molar-refractivity contribution >= 4 is 33.6 Å². The normalized spacial score (nSPS) is 11.8. The summed E-state index contributed by atoms with van der Waals surface area (Å²) < 4.78 is 43.5. The molecule has 0 atom stereocenters. The van der Waals surface area contributed by atoms with Gasteiger partial charge in [0.05, 0.1) is 16.7 Å². The number of hydrogen-bond donors (Lipinski definition) is 1. The maximum Gasteiger partial charge on any atom is 0.422 e. The second kappa shape index (κ2) is 6.50. The largest absolute Gasteiger partial charge is 0.484 e. The fourth-order valence-electron chi connectivity index (χ4n) is 2.34. The summed E-state index contributed by atoms with van der Waals surface area (Å²) in [5, 5.41) is 0. The van der Waals surface area contributed by atoms with Gasteiger partial charge in [-0.15, -0.1) is 0 Å². The van der Waals surface area contributed by atoms with Crippen molar-refractivity contribution in [1.82, 2.24) is 9.55 Å². The Labute approximate surface area is 148 Å². The first kappa shape index (κ1) is 16.9. The van der Waals surface area contributed by atoms with E-state index in [-0.39, 0.29) is 11.4 Å². The van der Waals surface area contributed by atoms with Crippen LogP contribution in [0.25, 0.3) is 16.7 Å². The molecule has 1 heterocycles. The summed E-state index contributed by atoms with van der Waals surface area (Å²) in [4.78, 5) is 15.0. The van der Waals surface area contributed by atoms with Gasteiger partial charge in [-0.25, -0.2) is 4.79 Å². The van der Waals surface area contributed by atoms with E-state index in [9.17, 15) is 18.0 Å². The number of alkyl halides is 4. The van der Waals surface area contributed by atoms with Crippen molar-refractivity contribution in [1.29, 1.82) is 0 Å². The minimum absolute atomic E-state index is 0.0944. The molecule has 2 aromatic carbocycles. The van der Waals surface area contributed by atoms with E-state index in [4.69, 9.17) is 0 Å². The molecule has 1 N–H and O–H groups in total. The van der Waals surface area contributed by atoms with Crippen LogP contribution in [0.3, 0.4) is 0 Å². The zero-order chi connectivity index (χ0) is 17.3. The molecule has 0 unspecified atom stereocenters. The number of fused-ring (bicyclic) bond motifs is 1. The van der Waals surface area contributed by atoms with E-state index in [1.165, 1.54) is 16.7 Å². The fraction of sp³-hybridized carbons (Fsp3) is 0.188. The average molecular weight is 448 g/mol. The Hall–Kier alpha value is -1.97. The highest BCUT2D eigenvalue weighted by atomic mass is 127. The van der Waals surface area contributed by atoms with Crippen LogP contribution in [0, 0.1) is 0 Å². The molecule has 0 amide bonds. The van der Waals surface area contributed by atoms with Crippen LogP contribution in [0.1, 0.15) is 5.56 Å². The van der Waals surface area contributed by atoms with Crippen LogP contribution in [0.4, 0.5) is 13.2 Å². The number of imidazole rings is 1. The number of ether oxygens (including phenoxy) is 1. The SMILES string of the molecule is O=c1[nH]c2ccc(CI)cc2n1-c1ccc(OCC(F)(F)F)cc1. The van der Waals surface area contributed by atoms with Gasteiger partial charge in [0.1, 0.15) is 5.75 Å². The molecule has 0 bridgehead atoms. The third kappa shape index (κ3) is 3.58. The lowest BCUT2D eigenvalue weighted by Gasteiger charge is -2.10. The quantitative estimate of drug-likeness (QED) is 0.481. The summed E-state index contributed by atoms with van der Waals surface area (Å²) in [6.07, 6.45) is -4.39. The molecule has 0 aliphatic heterocycles. The molecule has 0 radical (unpaired) electrons. The molecule has 0 spiro atoms. The van der Waals surface area contributed by atoms with Crippen LogP contribution in [0.15, 0.2) is 47.3 Å². The van der Waals surface area contributed by atoms with E-state index in [0.717, 1.165) is 15.5 Å². The molecule has 24 heavy (non-hydrogen) atoms. The summed E-state index contributed by atoms with van der Waals surface area (Å²) in [7, 11) is 0. The molecule has 3 aromatic rings. The monoisotopic (exact) mass is 448 g/mol. The average Bonchev–Trinajstić information content (AvgIpc) is 2.87. The number of halogens is 4. The van der Waals surface area contributed by atoms with Gasteiger partial charge in [0.25, 0.3) is 0 Å². The topological polar surface area (TPSA) is 47.0 Å². The fourth-order valence-corrected chi connectivity index (χ4v) is 2.82. The van der Waals surface area contributed by atoms with Gasteiger partial charge in [0, 0.05) is 4.43 Å². The summed E-state index contributed by atoms with van der Waals surface area (Å²) in [5.74, 6) is 0.0944. The van der Waals surface area contributed by atoms with Crippen molar-refractivity contribution in [3.05, 3.63) is 58.5 Å². The highest BCUT2D eigenvalue weighted by molar-refractivity contribution is 14.1. The Morgan fingerprint density at radius 1 is 1.12 bits per heavy atom. The van der Waals surface area contributed by atoms with Crippen LogP contribution in [0.2, 0.25) is 0 Å². The number of benzene rings is 2. The molecule has 3 rings (SSSR count). The zero-order valence-electron chi connectivity index (χ0n) is 12.2. The molecule has 0 aliphatic carbocycles. The first-order valence-electron chi connectivity index (χ1n) is 6.97. The van der Waals surface area contributed by atoms with Crippen LogP contribution in [-0.2, 0) is 4.43 Å². The predicted molar refractivity (Wildman–Crippen MR) is 93.2 cm³/mol. The van der Waals surface area contributed by atoms with E-state index >= 15 is 0 Å². The molecule has 8 heteroatoms.